The maximum Gasteiger partial charge on any atom is 0.00473 e. The first-order chi connectivity index (χ1) is 5.72. The van der Waals surface area contributed by atoms with E-state index in [0.29, 0.717) is 5.41 Å². The lowest BCUT2D eigenvalue weighted by atomic mass is 9.74. The summed E-state index contributed by atoms with van der Waals surface area (Å²) in [5.74, 6) is 0. The van der Waals surface area contributed by atoms with E-state index in [1.54, 1.807) is 0 Å². The molecule has 0 saturated carbocycles. The summed E-state index contributed by atoms with van der Waals surface area (Å²) < 4.78 is 0. The van der Waals surface area contributed by atoms with Crippen molar-refractivity contribution < 1.29 is 0 Å². The van der Waals surface area contributed by atoms with Crippen LogP contribution in [0.3, 0.4) is 0 Å². The number of likely N-dealkylation sites (tertiary alicyclic amines) is 1. The first-order valence-electron chi connectivity index (χ1n) is 5.41. The Kier molecular flexibility index (Phi) is 5.56. The van der Waals surface area contributed by atoms with Crippen LogP contribution in [0.15, 0.2) is 0 Å². The van der Waals surface area contributed by atoms with E-state index < -0.39 is 0 Å². The highest BCUT2D eigenvalue weighted by Gasteiger charge is 2.37. The summed E-state index contributed by atoms with van der Waals surface area (Å²) in [6.45, 7) is 11.3. The van der Waals surface area contributed by atoms with Gasteiger partial charge in [-0.3, -0.25) is 0 Å². The van der Waals surface area contributed by atoms with Crippen LogP contribution in [0, 0.1) is 5.41 Å². The predicted octanol–water partition coefficient (Wildman–Crippen LogP) is 3.15. The van der Waals surface area contributed by atoms with Crippen LogP contribution in [-0.2, 0) is 0 Å². The van der Waals surface area contributed by atoms with Gasteiger partial charge in [0, 0.05) is 13.1 Å². The van der Waals surface area contributed by atoms with E-state index in [4.69, 9.17) is 0 Å². The highest BCUT2D eigenvalue weighted by atomic mass is 15.2. The standard InChI is InChI=1S/C9H19N.C2H6/c1-4-6-9(5-2)7-10(3)8-9;1-2/h4-8H2,1-3H3;1-2H3. The van der Waals surface area contributed by atoms with E-state index in [-0.39, 0.29) is 0 Å². The third kappa shape index (κ3) is 2.78. The van der Waals surface area contributed by atoms with Gasteiger partial charge in [0.05, 0.1) is 0 Å². The Hall–Kier alpha value is -0.0400. The fraction of sp³-hybridized carbons (Fsp3) is 1.00. The molecule has 0 bridgehead atoms. The fourth-order valence-electron chi connectivity index (χ4n) is 2.19. The van der Waals surface area contributed by atoms with Crippen LogP contribution in [0.5, 0.6) is 0 Å². The normalized spacial score (nSPS) is 20.8. The lowest BCUT2D eigenvalue weighted by Gasteiger charge is -2.48. The van der Waals surface area contributed by atoms with Gasteiger partial charge in [0.2, 0.25) is 0 Å². The van der Waals surface area contributed by atoms with Gasteiger partial charge in [0.15, 0.2) is 0 Å². The SMILES string of the molecule is CC.CCCC1(CC)CN(C)C1. The Balaban J connectivity index is 0.000000561. The molecule has 1 rings (SSSR count). The zero-order valence-corrected chi connectivity index (χ0v) is 9.48. The molecule has 0 N–H and O–H groups in total. The second-order valence-corrected chi connectivity index (χ2v) is 3.78. The molecular weight excluding hydrogens is 146 g/mol. The quantitative estimate of drug-likeness (QED) is 0.630. The minimum Gasteiger partial charge on any atom is -0.305 e. The van der Waals surface area contributed by atoms with Gasteiger partial charge < -0.3 is 4.90 Å². The summed E-state index contributed by atoms with van der Waals surface area (Å²) in [5, 5.41) is 0. The van der Waals surface area contributed by atoms with Gasteiger partial charge in [-0.05, 0) is 25.3 Å². The zero-order chi connectivity index (χ0) is 9.61. The molecule has 0 amide bonds. The summed E-state index contributed by atoms with van der Waals surface area (Å²) in [4.78, 5) is 2.42. The second-order valence-electron chi connectivity index (χ2n) is 3.78. The van der Waals surface area contributed by atoms with Gasteiger partial charge >= 0.3 is 0 Å². The van der Waals surface area contributed by atoms with Gasteiger partial charge in [0.1, 0.15) is 0 Å². The summed E-state index contributed by atoms with van der Waals surface area (Å²) in [6.07, 6.45) is 4.14. The third-order valence-corrected chi connectivity index (χ3v) is 2.74. The van der Waals surface area contributed by atoms with Crippen LogP contribution >= 0.6 is 0 Å². The minimum atomic E-state index is 0.712. The molecule has 0 unspecified atom stereocenters. The lowest BCUT2D eigenvalue weighted by molar-refractivity contribution is 0.0105. The molecule has 0 spiro atoms. The van der Waals surface area contributed by atoms with Crippen molar-refractivity contribution in [1.82, 2.24) is 4.90 Å². The van der Waals surface area contributed by atoms with Crippen LogP contribution in [0.4, 0.5) is 0 Å². The molecule has 1 aliphatic heterocycles. The van der Waals surface area contributed by atoms with E-state index in [2.05, 4.69) is 25.8 Å². The first-order valence-corrected chi connectivity index (χ1v) is 5.41. The average Bonchev–Trinajstić information content (AvgIpc) is 2.05. The molecule has 1 fully saturated rings. The Labute approximate surface area is 78.1 Å². The van der Waals surface area contributed by atoms with Gasteiger partial charge in [-0.25, -0.2) is 0 Å². The van der Waals surface area contributed by atoms with Crippen LogP contribution < -0.4 is 0 Å². The molecule has 0 aromatic carbocycles. The highest BCUT2D eigenvalue weighted by molar-refractivity contribution is 4.91. The van der Waals surface area contributed by atoms with Crippen molar-refractivity contribution in [3.63, 3.8) is 0 Å². The molecule has 0 aromatic rings. The molecule has 12 heavy (non-hydrogen) atoms. The Morgan fingerprint density at radius 3 is 1.92 bits per heavy atom. The molecule has 0 atom stereocenters. The third-order valence-electron chi connectivity index (χ3n) is 2.74. The van der Waals surface area contributed by atoms with Crippen molar-refractivity contribution in [1.29, 1.82) is 0 Å². The summed E-state index contributed by atoms with van der Waals surface area (Å²) in [5.41, 5.74) is 0.712. The summed E-state index contributed by atoms with van der Waals surface area (Å²) in [7, 11) is 2.21. The van der Waals surface area contributed by atoms with E-state index in [9.17, 15) is 0 Å². The Morgan fingerprint density at radius 1 is 1.17 bits per heavy atom. The van der Waals surface area contributed by atoms with Gasteiger partial charge in [-0.2, -0.15) is 0 Å². The zero-order valence-electron chi connectivity index (χ0n) is 9.48. The molecule has 1 heteroatoms. The fourth-order valence-corrected chi connectivity index (χ4v) is 2.19. The van der Waals surface area contributed by atoms with Crippen LogP contribution in [0.1, 0.15) is 47.0 Å². The monoisotopic (exact) mass is 171 g/mol. The average molecular weight is 171 g/mol. The van der Waals surface area contributed by atoms with E-state index in [1.165, 1.54) is 32.4 Å². The van der Waals surface area contributed by atoms with Crippen molar-refractivity contribution >= 4 is 0 Å². The van der Waals surface area contributed by atoms with Crippen LogP contribution in [0.25, 0.3) is 0 Å². The highest BCUT2D eigenvalue weighted by Crippen LogP contribution is 2.36. The molecular formula is C11H25N. The molecule has 0 radical (unpaired) electrons. The number of hydrogen-bond donors (Lipinski definition) is 0. The molecule has 1 heterocycles. The predicted molar refractivity (Wildman–Crippen MR) is 56.5 cm³/mol. The first kappa shape index (κ1) is 12.0. The molecule has 1 nitrogen and oxygen atoms in total. The molecule has 1 saturated heterocycles. The van der Waals surface area contributed by atoms with Crippen molar-refractivity contribution in [2.75, 3.05) is 20.1 Å². The topological polar surface area (TPSA) is 3.24 Å². The van der Waals surface area contributed by atoms with Crippen molar-refractivity contribution in [2.45, 2.75) is 47.0 Å². The van der Waals surface area contributed by atoms with Crippen molar-refractivity contribution in [3.8, 4) is 0 Å². The Morgan fingerprint density at radius 2 is 1.67 bits per heavy atom. The van der Waals surface area contributed by atoms with Gasteiger partial charge in [0.25, 0.3) is 0 Å². The van der Waals surface area contributed by atoms with Crippen LogP contribution in [0.2, 0.25) is 0 Å². The number of nitrogens with zero attached hydrogens (tertiary/aromatic N) is 1. The van der Waals surface area contributed by atoms with Crippen LogP contribution in [-0.4, -0.2) is 25.0 Å². The molecule has 1 aliphatic rings. The van der Waals surface area contributed by atoms with Crippen molar-refractivity contribution in [2.24, 2.45) is 5.41 Å². The number of hydrogen-bond acceptors (Lipinski definition) is 1. The Bertz CT molecular complexity index is 98.1. The van der Waals surface area contributed by atoms with E-state index in [0.717, 1.165) is 0 Å². The molecule has 0 aromatic heterocycles. The summed E-state index contributed by atoms with van der Waals surface area (Å²) >= 11 is 0. The van der Waals surface area contributed by atoms with E-state index in [1.807, 2.05) is 13.8 Å². The smallest absolute Gasteiger partial charge is 0.00473 e. The summed E-state index contributed by atoms with van der Waals surface area (Å²) in [6, 6.07) is 0. The van der Waals surface area contributed by atoms with Gasteiger partial charge in [-0.15, -0.1) is 0 Å². The lowest BCUT2D eigenvalue weighted by Crippen LogP contribution is -2.53. The van der Waals surface area contributed by atoms with E-state index >= 15 is 0 Å². The number of rotatable bonds is 3. The molecule has 74 valence electrons. The maximum absolute atomic E-state index is 2.42. The maximum atomic E-state index is 2.42. The van der Waals surface area contributed by atoms with Crippen molar-refractivity contribution in [3.05, 3.63) is 0 Å². The minimum absolute atomic E-state index is 0.712. The van der Waals surface area contributed by atoms with Gasteiger partial charge in [-0.1, -0.05) is 34.1 Å². The second kappa shape index (κ2) is 5.58. The largest absolute Gasteiger partial charge is 0.305 e. The molecule has 0 aliphatic carbocycles.